The van der Waals surface area contributed by atoms with E-state index in [2.05, 4.69) is 38.2 Å². The summed E-state index contributed by atoms with van der Waals surface area (Å²) in [4.78, 5) is 23.3. The third-order valence-electron chi connectivity index (χ3n) is 8.65. The number of esters is 1. The Morgan fingerprint density at radius 2 is 0.841 bits per heavy atom. The van der Waals surface area contributed by atoms with E-state index in [1.54, 1.807) is 0 Å². The van der Waals surface area contributed by atoms with Gasteiger partial charge >= 0.3 is 11.9 Å². The number of carbonyl (C=O) groups excluding carboxylic acids is 1. The van der Waals surface area contributed by atoms with Gasteiger partial charge in [-0.1, -0.05) is 141 Å². The molecule has 258 valence electrons. The van der Waals surface area contributed by atoms with E-state index in [1.807, 2.05) is 0 Å². The van der Waals surface area contributed by atoms with Gasteiger partial charge in [-0.15, -0.1) is 0 Å². The smallest absolute Gasteiger partial charge is 0.306 e. The van der Waals surface area contributed by atoms with Crippen LogP contribution in [0.15, 0.2) is 24.3 Å². The standard InChI is InChI=1S/C40H74O4/c1-3-5-7-9-11-13-15-17-19-21-23-26-30-34-38(35-31-27-25-28-32-36-39(41)42)44-40(43)37-33-29-24-22-20-18-16-14-12-10-8-6-4-2/h14,16,21,23,38H,3-13,15,17-20,22,24-37H2,1-2H3,(H,41,42)/b16-14-,23-21-. The van der Waals surface area contributed by atoms with Gasteiger partial charge in [0.2, 0.25) is 0 Å². The summed E-state index contributed by atoms with van der Waals surface area (Å²) in [7, 11) is 0. The van der Waals surface area contributed by atoms with E-state index in [9.17, 15) is 9.59 Å². The Kier molecular flexibility index (Phi) is 34.6. The molecule has 0 heterocycles. The average Bonchev–Trinajstić information content (AvgIpc) is 3.00. The average molecular weight is 619 g/mol. The number of rotatable bonds is 35. The summed E-state index contributed by atoms with van der Waals surface area (Å²) in [6.07, 6.45) is 44.8. The lowest BCUT2D eigenvalue weighted by Crippen LogP contribution is -2.18. The first kappa shape index (κ1) is 42.4. The number of aliphatic carboxylic acids is 1. The van der Waals surface area contributed by atoms with E-state index < -0.39 is 5.97 Å². The normalized spacial score (nSPS) is 12.4. The highest BCUT2D eigenvalue weighted by atomic mass is 16.5. The minimum Gasteiger partial charge on any atom is -0.481 e. The topological polar surface area (TPSA) is 63.6 Å². The van der Waals surface area contributed by atoms with Gasteiger partial charge in [0.05, 0.1) is 0 Å². The Bertz CT molecular complexity index is 668. The number of allylic oxidation sites excluding steroid dienone is 4. The van der Waals surface area contributed by atoms with Gasteiger partial charge in [-0.2, -0.15) is 0 Å². The lowest BCUT2D eigenvalue weighted by Gasteiger charge is -2.18. The molecule has 0 bridgehead atoms. The molecule has 0 saturated carbocycles. The summed E-state index contributed by atoms with van der Waals surface area (Å²) in [5.41, 5.74) is 0. The fourth-order valence-corrected chi connectivity index (χ4v) is 5.77. The zero-order valence-corrected chi connectivity index (χ0v) is 29.5. The number of unbranched alkanes of at least 4 members (excludes halogenated alkanes) is 22. The highest BCUT2D eigenvalue weighted by molar-refractivity contribution is 5.69. The van der Waals surface area contributed by atoms with Crippen molar-refractivity contribution in [2.24, 2.45) is 0 Å². The van der Waals surface area contributed by atoms with Crippen LogP contribution in [0.5, 0.6) is 0 Å². The van der Waals surface area contributed by atoms with Crippen LogP contribution in [0, 0.1) is 0 Å². The van der Waals surface area contributed by atoms with Crippen molar-refractivity contribution in [3.8, 4) is 0 Å². The molecule has 1 atom stereocenters. The molecule has 44 heavy (non-hydrogen) atoms. The molecule has 4 nitrogen and oxygen atoms in total. The van der Waals surface area contributed by atoms with E-state index in [0.29, 0.717) is 6.42 Å². The zero-order valence-electron chi connectivity index (χ0n) is 29.5. The minimum absolute atomic E-state index is 0.0206. The molecule has 0 amide bonds. The molecule has 0 spiro atoms. The van der Waals surface area contributed by atoms with Gasteiger partial charge in [-0.3, -0.25) is 9.59 Å². The predicted octanol–water partition coefficient (Wildman–Crippen LogP) is 13.2. The van der Waals surface area contributed by atoms with Gasteiger partial charge in [-0.05, 0) is 83.5 Å². The number of hydrogen-bond donors (Lipinski definition) is 1. The molecule has 0 aliphatic rings. The van der Waals surface area contributed by atoms with Gasteiger partial charge in [-0.25, -0.2) is 0 Å². The SMILES string of the molecule is CCCCCC/C=C\CCCCCCCC(=O)OC(CCC/C=C\CCCCCCCCCC)CCCCCCCC(=O)O. The Hall–Kier alpha value is -1.58. The van der Waals surface area contributed by atoms with Crippen LogP contribution in [0.2, 0.25) is 0 Å². The molecule has 0 aromatic carbocycles. The number of carboxylic acids is 1. The van der Waals surface area contributed by atoms with E-state index in [1.165, 1.54) is 116 Å². The van der Waals surface area contributed by atoms with Gasteiger partial charge in [0, 0.05) is 12.8 Å². The Balaban J connectivity index is 4.11. The number of carbonyl (C=O) groups is 2. The van der Waals surface area contributed by atoms with Crippen molar-refractivity contribution in [1.29, 1.82) is 0 Å². The van der Waals surface area contributed by atoms with Crippen LogP contribution < -0.4 is 0 Å². The molecule has 1 N–H and O–H groups in total. The van der Waals surface area contributed by atoms with Crippen LogP contribution in [-0.2, 0) is 14.3 Å². The highest BCUT2D eigenvalue weighted by Crippen LogP contribution is 2.18. The summed E-state index contributed by atoms with van der Waals surface area (Å²) < 4.78 is 5.97. The highest BCUT2D eigenvalue weighted by Gasteiger charge is 2.14. The zero-order chi connectivity index (χ0) is 32.2. The lowest BCUT2D eigenvalue weighted by molar-refractivity contribution is -0.150. The molecule has 0 aromatic rings. The third kappa shape index (κ3) is 34.9. The number of hydrogen-bond acceptors (Lipinski definition) is 3. The first-order chi connectivity index (χ1) is 21.6. The van der Waals surface area contributed by atoms with Crippen LogP contribution in [-0.4, -0.2) is 23.1 Å². The number of ether oxygens (including phenoxy) is 1. The van der Waals surface area contributed by atoms with E-state index in [-0.39, 0.29) is 18.5 Å². The van der Waals surface area contributed by atoms with Crippen LogP contribution in [0.1, 0.15) is 213 Å². The van der Waals surface area contributed by atoms with Gasteiger partial charge in [0.15, 0.2) is 0 Å². The summed E-state index contributed by atoms with van der Waals surface area (Å²) in [6, 6.07) is 0. The second kappa shape index (κ2) is 35.9. The molecule has 0 fully saturated rings. The molecule has 0 aliphatic heterocycles. The molecular formula is C40H74O4. The van der Waals surface area contributed by atoms with E-state index >= 15 is 0 Å². The minimum atomic E-state index is -0.704. The first-order valence-electron chi connectivity index (χ1n) is 19.3. The van der Waals surface area contributed by atoms with Crippen molar-refractivity contribution in [2.75, 3.05) is 0 Å². The van der Waals surface area contributed by atoms with Crippen LogP contribution in [0.3, 0.4) is 0 Å². The third-order valence-corrected chi connectivity index (χ3v) is 8.65. The Morgan fingerprint density at radius 3 is 1.34 bits per heavy atom. The van der Waals surface area contributed by atoms with Crippen molar-refractivity contribution >= 4 is 11.9 Å². The monoisotopic (exact) mass is 619 g/mol. The molecule has 4 heteroatoms. The van der Waals surface area contributed by atoms with E-state index in [4.69, 9.17) is 9.84 Å². The molecule has 0 radical (unpaired) electrons. The largest absolute Gasteiger partial charge is 0.481 e. The summed E-state index contributed by atoms with van der Waals surface area (Å²) in [5.74, 6) is -0.725. The molecule has 1 unspecified atom stereocenters. The van der Waals surface area contributed by atoms with Crippen LogP contribution in [0.25, 0.3) is 0 Å². The van der Waals surface area contributed by atoms with Crippen LogP contribution in [0.4, 0.5) is 0 Å². The maximum Gasteiger partial charge on any atom is 0.306 e. The quantitative estimate of drug-likeness (QED) is 0.0436. The fraction of sp³-hybridized carbons (Fsp3) is 0.850. The first-order valence-corrected chi connectivity index (χ1v) is 19.3. The second-order valence-electron chi connectivity index (χ2n) is 13.1. The molecule has 0 rings (SSSR count). The summed E-state index contributed by atoms with van der Waals surface area (Å²) in [6.45, 7) is 4.53. The Labute approximate surface area is 274 Å². The summed E-state index contributed by atoms with van der Waals surface area (Å²) >= 11 is 0. The maximum atomic E-state index is 12.6. The van der Waals surface area contributed by atoms with Crippen molar-refractivity contribution in [2.45, 2.75) is 219 Å². The molecular weight excluding hydrogens is 544 g/mol. The van der Waals surface area contributed by atoms with Crippen molar-refractivity contribution in [3.05, 3.63) is 24.3 Å². The molecule has 0 aliphatic carbocycles. The van der Waals surface area contributed by atoms with Gasteiger partial charge in [0.1, 0.15) is 6.10 Å². The fourth-order valence-electron chi connectivity index (χ4n) is 5.77. The van der Waals surface area contributed by atoms with Crippen molar-refractivity contribution in [3.63, 3.8) is 0 Å². The van der Waals surface area contributed by atoms with E-state index in [0.717, 1.165) is 70.6 Å². The summed E-state index contributed by atoms with van der Waals surface area (Å²) in [5, 5.41) is 8.81. The van der Waals surface area contributed by atoms with Gasteiger partial charge < -0.3 is 9.84 Å². The lowest BCUT2D eigenvalue weighted by atomic mass is 10.0. The van der Waals surface area contributed by atoms with Crippen LogP contribution >= 0.6 is 0 Å². The predicted molar refractivity (Wildman–Crippen MR) is 190 cm³/mol. The molecule has 0 saturated heterocycles. The molecule has 0 aromatic heterocycles. The number of carboxylic acid groups (broad SMARTS) is 1. The Morgan fingerprint density at radius 1 is 0.477 bits per heavy atom. The van der Waals surface area contributed by atoms with Gasteiger partial charge in [0.25, 0.3) is 0 Å². The maximum absolute atomic E-state index is 12.6. The second-order valence-corrected chi connectivity index (χ2v) is 13.1. The van der Waals surface area contributed by atoms with Crippen molar-refractivity contribution in [1.82, 2.24) is 0 Å². The van der Waals surface area contributed by atoms with Crippen molar-refractivity contribution < 1.29 is 19.4 Å².